The van der Waals surface area contributed by atoms with Gasteiger partial charge in [0.15, 0.2) is 10.8 Å². The van der Waals surface area contributed by atoms with Gasteiger partial charge in [0.25, 0.3) is 0 Å². The van der Waals surface area contributed by atoms with Crippen LogP contribution in [0.4, 0.5) is 0 Å². The van der Waals surface area contributed by atoms with Crippen LogP contribution in [0.5, 0.6) is 0 Å². The number of methoxy groups -OCH3 is 4. The molecule has 2 fully saturated rings. The second-order valence-electron chi connectivity index (χ2n) is 14.1. The minimum absolute atomic E-state index is 0.00680. The molecule has 0 unspecified atom stereocenters. The lowest BCUT2D eigenvalue weighted by Gasteiger charge is -2.32. The van der Waals surface area contributed by atoms with Crippen LogP contribution >= 0.6 is 0 Å². The number of esters is 4. The van der Waals surface area contributed by atoms with E-state index >= 15 is 0 Å². The molecule has 0 N–H and O–H groups in total. The normalized spacial score (nSPS) is 23.2. The van der Waals surface area contributed by atoms with Crippen molar-refractivity contribution in [2.24, 2.45) is 16.7 Å². The highest BCUT2D eigenvalue weighted by Crippen LogP contribution is 2.59. The molecule has 2 aromatic rings. The predicted octanol–water partition coefficient (Wildman–Crippen LogP) is 5.65. The number of ether oxygens (including phenoxy) is 4. The van der Waals surface area contributed by atoms with Crippen molar-refractivity contribution in [1.29, 1.82) is 0 Å². The number of rotatable bonds is 9. The fourth-order valence-corrected chi connectivity index (χ4v) is 7.64. The van der Waals surface area contributed by atoms with E-state index in [2.05, 4.69) is 0 Å². The van der Waals surface area contributed by atoms with Crippen LogP contribution in [0.15, 0.2) is 77.4 Å². The Bertz CT molecular complexity index is 1610. The van der Waals surface area contributed by atoms with E-state index in [1.807, 2.05) is 94.4 Å². The van der Waals surface area contributed by atoms with Crippen LogP contribution in [0.1, 0.15) is 70.3 Å². The fourth-order valence-electron chi connectivity index (χ4n) is 7.64. The summed E-state index contributed by atoms with van der Waals surface area (Å²) in [7, 11) is 4.15. The molecule has 1 saturated carbocycles. The van der Waals surface area contributed by atoms with Crippen LogP contribution < -0.4 is 0 Å². The Morgan fingerprint density at radius 2 is 1.16 bits per heavy atom. The molecule has 2 aromatic carbocycles. The van der Waals surface area contributed by atoms with E-state index in [-0.39, 0.29) is 25.7 Å². The minimum atomic E-state index is -1.73. The molecule has 1 heterocycles. The summed E-state index contributed by atoms with van der Waals surface area (Å²) >= 11 is 0. The molecule has 260 valence electrons. The fraction of sp³-hybridized carbons (Fsp3) is 0.474. The van der Waals surface area contributed by atoms with Crippen LogP contribution in [0, 0.1) is 16.7 Å². The molecule has 0 aromatic heterocycles. The molecular formula is C38H45BO10. The highest BCUT2D eigenvalue weighted by atomic mass is 16.7. The molecule has 0 amide bonds. The van der Waals surface area contributed by atoms with Gasteiger partial charge in [-0.2, -0.15) is 0 Å². The van der Waals surface area contributed by atoms with Crippen molar-refractivity contribution in [3.63, 3.8) is 0 Å². The molecule has 1 saturated heterocycles. The zero-order valence-electron chi connectivity index (χ0n) is 29.5. The molecule has 2 atom stereocenters. The second kappa shape index (κ2) is 13.6. The molecule has 0 spiro atoms. The van der Waals surface area contributed by atoms with E-state index in [4.69, 9.17) is 28.3 Å². The number of allylic oxidation sites excluding steroid dienone is 3. The van der Waals surface area contributed by atoms with Crippen molar-refractivity contribution in [2.75, 3.05) is 28.4 Å². The Hall–Kier alpha value is -4.22. The third kappa shape index (κ3) is 6.23. The third-order valence-electron chi connectivity index (χ3n) is 10.9. The Morgan fingerprint density at radius 3 is 1.65 bits per heavy atom. The zero-order chi connectivity index (χ0) is 35.8. The first-order valence-electron chi connectivity index (χ1n) is 16.4. The van der Waals surface area contributed by atoms with Gasteiger partial charge in [0.2, 0.25) is 0 Å². The first-order chi connectivity index (χ1) is 23.2. The van der Waals surface area contributed by atoms with Crippen molar-refractivity contribution < 1.29 is 47.4 Å². The first-order valence-corrected chi connectivity index (χ1v) is 16.4. The van der Waals surface area contributed by atoms with Gasteiger partial charge in [-0.3, -0.25) is 19.2 Å². The van der Waals surface area contributed by atoms with Gasteiger partial charge in [-0.05, 0) is 64.5 Å². The predicted molar refractivity (Wildman–Crippen MR) is 182 cm³/mol. The van der Waals surface area contributed by atoms with E-state index in [0.717, 1.165) is 22.3 Å². The Kier molecular flexibility index (Phi) is 10.0. The van der Waals surface area contributed by atoms with E-state index < -0.39 is 64.8 Å². The van der Waals surface area contributed by atoms with Crippen LogP contribution in [0.25, 0.3) is 6.08 Å². The van der Waals surface area contributed by atoms with E-state index in [0.29, 0.717) is 5.57 Å². The summed E-state index contributed by atoms with van der Waals surface area (Å²) < 4.78 is 34.3. The molecule has 49 heavy (non-hydrogen) atoms. The van der Waals surface area contributed by atoms with Gasteiger partial charge in [-0.15, -0.1) is 0 Å². The highest BCUT2D eigenvalue weighted by molar-refractivity contribution is 6.48. The monoisotopic (exact) mass is 672 g/mol. The average Bonchev–Trinajstić information content (AvgIpc) is 3.74. The average molecular weight is 673 g/mol. The first kappa shape index (κ1) is 36.1. The van der Waals surface area contributed by atoms with Crippen LogP contribution in [0.3, 0.4) is 0 Å². The van der Waals surface area contributed by atoms with E-state index in [9.17, 15) is 19.2 Å². The molecule has 1 aliphatic heterocycles. The topological polar surface area (TPSA) is 124 Å². The standard InChI is InChI=1S/C38H45BO10/c1-35(2)36(3,4)49-39(48-35)30(25-17-13-10-14-18-25)29-23-38(33(42)46-7,34(43)47-8)22-28(29)27-21-37(31(40)44-5,32(41)45-6)20-26(27)19-24-15-11-9-12-16-24/h9-19,27,30H,20-23H2,1-8H3/b26-19+/t27-,30+/m0/s1. The van der Waals surface area contributed by atoms with Crippen LogP contribution in [0.2, 0.25) is 0 Å². The van der Waals surface area contributed by atoms with Gasteiger partial charge in [0, 0.05) is 11.7 Å². The molecular weight excluding hydrogens is 627 g/mol. The number of carbonyl (C=O) groups is 4. The summed E-state index contributed by atoms with van der Waals surface area (Å²) in [4.78, 5) is 54.7. The Labute approximate surface area is 288 Å². The molecule has 10 nitrogen and oxygen atoms in total. The largest absolute Gasteiger partial charge is 0.470 e. The van der Waals surface area contributed by atoms with Gasteiger partial charge in [0.1, 0.15) is 0 Å². The van der Waals surface area contributed by atoms with Gasteiger partial charge in [0.05, 0.1) is 39.6 Å². The number of hydrogen-bond acceptors (Lipinski definition) is 10. The van der Waals surface area contributed by atoms with Crippen molar-refractivity contribution in [3.05, 3.63) is 88.5 Å². The number of hydrogen-bond donors (Lipinski definition) is 0. The Balaban J connectivity index is 1.81. The summed E-state index contributed by atoms with van der Waals surface area (Å²) in [6.07, 6.45) is 1.83. The quantitative estimate of drug-likeness (QED) is 0.109. The summed E-state index contributed by atoms with van der Waals surface area (Å²) in [6, 6.07) is 19.2. The maximum atomic E-state index is 13.8. The molecule has 0 radical (unpaired) electrons. The van der Waals surface area contributed by atoms with Gasteiger partial charge in [-0.1, -0.05) is 83.5 Å². The third-order valence-corrected chi connectivity index (χ3v) is 10.9. The highest BCUT2D eigenvalue weighted by Gasteiger charge is 2.63. The molecule has 11 heteroatoms. The SMILES string of the molecule is COC(=O)C1(C(=O)OC)CC([C@H]2CC(C(=O)OC)(C(=O)OC)C/C2=C\c2ccccc2)=C([C@H](B2OC(C)(C)C(C)(C)O2)c2ccccc2)C1. The van der Waals surface area contributed by atoms with Gasteiger partial charge >= 0.3 is 31.0 Å². The van der Waals surface area contributed by atoms with Gasteiger partial charge < -0.3 is 28.3 Å². The van der Waals surface area contributed by atoms with E-state index in [1.165, 1.54) is 28.4 Å². The smallest absolute Gasteiger partial charge is 0.468 e. The Morgan fingerprint density at radius 1 is 0.694 bits per heavy atom. The second-order valence-corrected chi connectivity index (χ2v) is 14.1. The van der Waals surface area contributed by atoms with Crippen molar-refractivity contribution in [3.8, 4) is 0 Å². The maximum Gasteiger partial charge on any atom is 0.470 e. The van der Waals surface area contributed by atoms with Crippen LogP contribution in [-0.4, -0.2) is 70.6 Å². The van der Waals surface area contributed by atoms with Gasteiger partial charge in [-0.25, -0.2) is 0 Å². The summed E-state index contributed by atoms with van der Waals surface area (Å²) in [5.41, 5.74) is -0.910. The maximum absolute atomic E-state index is 13.8. The number of carbonyl (C=O) groups excluding carboxylic acids is 4. The summed E-state index contributed by atoms with van der Waals surface area (Å²) in [6.45, 7) is 7.85. The van der Waals surface area contributed by atoms with Crippen LogP contribution in [-0.2, 0) is 47.4 Å². The lowest BCUT2D eigenvalue weighted by molar-refractivity contribution is -0.170. The molecule has 0 bridgehead atoms. The molecule has 3 aliphatic rings. The minimum Gasteiger partial charge on any atom is -0.468 e. The lowest BCUT2D eigenvalue weighted by atomic mass is 9.62. The lowest BCUT2D eigenvalue weighted by Crippen LogP contribution is -2.41. The summed E-state index contributed by atoms with van der Waals surface area (Å²) in [5.74, 6) is -4.11. The van der Waals surface area contributed by atoms with Crippen molar-refractivity contribution in [1.82, 2.24) is 0 Å². The molecule has 2 aliphatic carbocycles. The zero-order valence-corrected chi connectivity index (χ0v) is 29.5. The van der Waals surface area contributed by atoms with E-state index in [1.54, 1.807) is 0 Å². The van der Waals surface area contributed by atoms with Crippen molar-refractivity contribution >= 4 is 37.1 Å². The van der Waals surface area contributed by atoms with Crippen molar-refractivity contribution in [2.45, 2.75) is 70.4 Å². The summed E-state index contributed by atoms with van der Waals surface area (Å²) in [5, 5.41) is 0. The number of benzene rings is 2. The molecule has 5 rings (SSSR count).